The fourth-order valence-electron chi connectivity index (χ4n) is 8.61. The number of ether oxygens (including phenoxy) is 5. The van der Waals surface area contributed by atoms with Crippen LogP contribution in [-0.4, -0.2) is 82.6 Å². The Bertz CT molecular complexity index is 1850. The van der Waals surface area contributed by atoms with Crippen molar-refractivity contribution in [2.45, 2.75) is 80.7 Å². The molecule has 0 N–H and O–H groups in total. The van der Waals surface area contributed by atoms with Gasteiger partial charge in [0.05, 0.1) is 45.7 Å². The first-order chi connectivity index (χ1) is 26.9. The molecular weight excluding hydrogens is 787 g/mol. The molecule has 0 radical (unpaired) electrons. The second-order valence-electron chi connectivity index (χ2n) is 15.8. The Morgan fingerprint density at radius 3 is 2.14 bits per heavy atom. The van der Waals surface area contributed by atoms with Crippen molar-refractivity contribution in [2.24, 2.45) is 11.8 Å². The lowest BCUT2D eigenvalue weighted by Crippen LogP contribution is -2.39. The van der Waals surface area contributed by atoms with Crippen LogP contribution in [0.5, 0.6) is 11.5 Å². The highest BCUT2D eigenvalue weighted by molar-refractivity contribution is 8.70. The highest BCUT2D eigenvalue weighted by Crippen LogP contribution is 2.76. The molecule has 0 aromatic heterocycles. The van der Waals surface area contributed by atoms with E-state index in [9.17, 15) is 4.57 Å². The molecule has 1 unspecified atom stereocenters. The maximum absolute atomic E-state index is 14.0. The summed E-state index contributed by atoms with van der Waals surface area (Å²) in [5, 5.41) is 0. The first-order valence-electron chi connectivity index (χ1n) is 19.6. The highest BCUT2D eigenvalue weighted by atomic mass is 32.9. The van der Waals surface area contributed by atoms with Crippen LogP contribution in [0.2, 0.25) is 0 Å². The molecule has 0 amide bonds. The zero-order chi connectivity index (χ0) is 39.6. The Morgan fingerprint density at radius 1 is 0.911 bits per heavy atom. The van der Waals surface area contributed by atoms with Crippen molar-refractivity contribution < 1.29 is 41.8 Å². The first kappa shape index (κ1) is 42.1. The van der Waals surface area contributed by atoms with Gasteiger partial charge in [-0.05, 0) is 92.3 Å². The number of hydrogen-bond donors (Lipinski definition) is 0. The molecule has 56 heavy (non-hydrogen) atoms. The first-order valence-corrected chi connectivity index (χ1v) is 25.9. The fraction of sp³-hybridized carbons (Fsp3) is 0.535. The molecule has 1 saturated carbocycles. The molecule has 9 nitrogen and oxygen atoms in total. The van der Waals surface area contributed by atoms with Crippen LogP contribution in [0.15, 0.2) is 91.0 Å². The largest absolute Gasteiger partial charge is 0.497 e. The van der Waals surface area contributed by atoms with Gasteiger partial charge in [0.1, 0.15) is 28.7 Å². The Balaban J connectivity index is 1.02. The number of fused-ring (bicyclic) bond motifs is 1. The van der Waals surface area contributed by atoms with Crippen molar-refractivity contribution in [3.05, 3.63) is 108 Å². The van der Waals surface area contributed by atoms with Crippen LogP contribution in [0.1, 0.15) is 62.6 Å². The Kier molecular flexibility index (Phi) is 13.3. The fourth-order valence-corrected chi connectivity index (χ4v) is 19.1. The summed E-state index contributed by atoms with van der Waals surface area (Å²) in [4.78, 5) is 0. The van der Waals surface area contributed by atoms with Crippen LogP contribution in [0, 0.1) is 11.8 Å². The van der Waals surface area contributed by atoms with Gasteiger partial charge in [-0.3, -0.25) is 4.57 Å². The van der Waals surface area contributed by atoms with Crippen molar-refractivity contribution in [3.8, 4) is 11.5 Å². The molecule has 304 valence electrons. The van der Waals surface area contributed by atoms with E-state index in [1.165, 1.54) is 12.2 Å². The third kappa shape index (κ3) is 9.23. The van der Waals surface area contributed by atoms with E-state index in [1.54, 1.807) is 14.2 Å². The maximum Gasteiger partial charge on any atom is 0.328 e. The summed E-state index contributed by atoms with van der Waals surface area (Å²) in [7, 11) is -0.219. The number of hydrogen-bond acceptors (Lipinski definition) is 11. The predicted octanol–water partition coefficient (Wildman–Crippen LogP) is 10.0. The second-order valence-corrected chi connectivity index (χ2v) is 25.5. The second kappa shape index (κ2) is 17.7. The molecule has 3 saturated heterocycles. The summed E-state index contributed by atoms with van der Waals surface area (Å²) < 4.78 is 63.7. The van der Waals surface area contributed by atoms with E-state index < -0.39 is 30.9 Å². The lowest BCUT2D eigenvalue weighted by Gasteiger charge is -2.37. The zero-order valence-corrected chi connectivity index (χ0v) is 36.6. The minimum absolute atomic E-state index is 0.0492. The van der Waals surface area contributed by atoms with Gasteiger partial charge >= 0.3 is 7.60 Å². The van der Waals surface area contributed by atoms with Crippen molar-refractivity contribution in [1.82, 2.24) is 0 Å². The molecule has 4 aliphatic rings. The Hall–Kier alpha value is -2.01. The zero-order valence-electron chi connectivity index (χ0n) is 33.1. The van der Waals surface area contributed by atoms with Crippen molar-refractivity contribution in [1.29, 1.82) is 0 Å². The number of allylic oxidation sites excluding steroid dienone is 1. The van der Waals surface area contributed by atoms with E-state index in [0.717, 1.165) is 60.0 Å². The summed E-state index contributed by atoms with van der Waals surface area (Å²) in [5.41, 5.74) is 0.839. The van der Waals surface area contributed by atoms with Gasteiger partial charge < -0.3 is 37.3 Å². The van der Waals surface area contributed by atoms with Gasteiger partial charge in [0.25, 0.3) is 0 Å². The summed E-state index contributed by atoms with van der Waals surface area (Å²) in [6, 6.07) is 25.9. The molecule has 9 atom stereocenters. The third-order valence-corrected chi connectivity index (χ3v) is 20.0. The molecule has 7 rings (SSSR count). The van der Waals surface area contributed by atoms with E-state index >= 15 is 0 Å². The highest BCUT2D eigenvalue weighted by Gasteiger charge is 2.53. The van der Waals surface area contributed by atoms with Gasteiger partial charge in [-0.25, -0.2) is 0 Å². The minimum Gasteiger partial charge on any atom is -0.497 e. The van der Waals surface area contributed by atoms with E-state index in [1.807, 2.05) is 78.1 Å². The van der Waals surface area contributed by atoms with Crippen molar-refractivity contribution in [3.63, 3.8) is 0 Å². The molecule has 0 bridgehead atoms. The molecule has 4 fully saturated rings. The molecule has 13 heteroatoms. The van der Waals surface area contributed by atoms with Crippen LogP contribution in [0.3, 0.4) is 0 Å². The van der Waals surface area contributed by atoms with Crippen LogP contribution in [0.25, 0.3) is 0 Å². The lowest BCUT2D eigenvalue weighted by atomic mass is 9.77. The SMILES string of the molecule is C=C(C)C1CC[C@@]2(C)S[P@@](=S)(C[C@H]3CCO[C@@H]3CO[P@](C)(=O)O[C@H]3CCO[C@@H]3COC(c3ccccc3)(c3ccc(OC)cc3)c3ccc(OC)cc3)O[C@@H]2C1. The molecular formula is C43H56O9P2S2. The Labute approximate surface area is 341 Å². The standard InChI is InChI=1S/C43H56O9P2S2/c1-30(2)31-20-23-42(3)41(26-31)52-54(55,56-42)29-32-21-24-47-39(32)28-50-53(6,44)51-38-22-25-48-40(38)27-49-43(33-10-8-7-9-11-33,34-12-16-36(45-4)17-13-34)35-14-18-37(46-5)19-15-35/h7-19,31-32,38-41H,1,20-29H2,2-6H3/t31?,32-,38+,39-,40-,41-,42-,53+,54+/m1/s1. The van der Waals surface area contributed by atoms with Crippen LogP contribution in [-0.2, 0) is 49.8 Å². The number of benzene rings is 3. The van der Waals surface area contributed by atoms with Crippen molar-refractivity contribution >= 4 is 36.3 Å². The van der Waals surface area contributed by atoms with Gasteiger partial charge in [-0.1, -0.05) is 89.9 Å². The summed E-state index contributed by atoms with van der Waals surface area (Å²) >= 11 is 8.21. The molecule has 0 spiro atoms. The number of rotatable bonds is 16. The van der Waals surface area contributed by atoms with Gasteiger partial charge in [-0.15, -0.1) is 0 Å². The van der Waals surface area contributed by atoms with E-state index in [-0.39, 0.29) is 36.1 Å². The van der Waals surface area contributed by atoms with Crippen LogP contribution in [0.4, 0.5) is 0 Å². The van der Waals surface area contributed by atoms with Gasteiger partial charge in [0.2, 0.25) is 0 Å². The molecule has 3 aromatic rings. The number of methoxy groups -OCH3 is 2. The normalized spacial score (nSPS) is 31.4. The Morgan fingerprint density at radius 2 is 1.52 bits per heavy atom. The smallest absolute Gasteiger partial charge is 0.328 e. The maximum atomic E-state index is 14.0. The van der Waals surface area contributed by atoms with E-state index in [0.29, 0.717) is 25.6 Å². The molecule has 3 heterocycles. The predicted molar refractivity (Wildman–Crippen MR) is 227 cm³/mol. The van der Waals surface area contributed by atoms with Gasteiger partial charge in [-0.2, -0.15) is 0 Å². The molecule has 3 aliphatic heterocycles. The lowest BCUT2D eigenvalue weighted by molar-refractivity contribution is -0.0677. The summed E-state index contributed by atoms with van der Waals surface area (Å²) in [6.07, 6.45) is 4.39. The third-order valence-electron chi connectivity index (χ3n) is 11.9. The van der Waals surface area contributed by atoms with E-state index in [2.05, 4.69) is 32.6 Å². The monoisotopic (exact) mass is 842 g/mol. The van der Waals surface area contributed by atoms with Crippen LogP contribution >= 0.6 is 24.4 Å². The van der Waals surface area contributed by atoms with Crippen molar-refractivity contribution in [2.75, 3.05) is 53.5 Å². The summed E-state index contributed by atoms with van der Waals surface area (Å²) in [5.74, 6) is 2.15. The molecule has 3 aromatic carbocycles. The topological polar surface area (TPSA) is 90.9 Å². The van der Waals surface area contributed by atoms with Gasteiger partial charge in [0, 0.05) is 37.2 Å². The molecule has 1 aliphatic carbocycles. The summed E-state index contributed by atoms with van der Waals surface area (Å²) in [6.45, 7) is 11.6. The quantitative estimate of drug-likeness (QED) is 0.0785. The van der Waals surface area contributed by atoms with Crippen LogP contribution < -0.4 is 9.47 Å². The average Bonchev–Trinajstić information content (AvgIpc) is 3.90. The van der Waals surface area contributed by atoms with Gasteiger partial charge in [0.15, 0.2) is 0 Å². The minimum atomic E-state index is -3.52. The average molecular weight is 843 g/mol. The van der Waals surface area contributed by atoms with E-state index in [4.69, 9.17) is 49.1 Å².